The van der Waals surface area contributed by atoms with Gasteiger partial charge < -0.3 is 10.6 Å². The lowest BCUT2D eigenvalue weighted by molar-refractivity contribution is 0.198. The molecule has 2 N–H and O–H groups in total. The number of aromatic nitrogens is 3. The van der Waals surface area contributed by atoms with E-state index in [-0.39, 0.29) is 0 Å². The third-order valence-electron chi connectivity index (χ3n) is 6.14. The van der Waals surface area contributed by atoms with Crippen molar-refractivity contribution in [2.45, 2.75) is 52.1 Å². The predicted octanol–water partition coefficient (Wildman–Crippen LogP) is 3.19. The summed E-state index contributed by atoms with van der Waals surface area (Å²) in [6.45, 7) is 9.23. The summed E-state index contributed by atoms with van der Waals surface area (Å²) in [5.74, 6) is 1.92. The van der Waals surface area contributed by atoms with Crippen LogP contribution in [0, 0.1) is 6.92 Å². The zero-order valence-corrected chi connectivity index (χ0v) is 19.3. The van der Waals surface area contributed by atoms with Crippen LogP contribution in [0.15, 0.2) is 53.7 Å². The van der Waals surface area contributed by atoms with Crippen LogP contribution >= 0.6 is 0 Å². The van der Waals surface area contributed by atoms with Gasteiger partial charge in [0, 0.05) is 51.4 Å². The van der Waals surface area contributed by atoms with Crippen LogP contribution in [0.5, 0.6) is 0 Å². The van der Waals surface area contributed by atoms with Crippen LogP contribution in [0.4, 0.5) is 0 Å². The van der Waals surface area contributed by atoms with Crippen LogP contribution < -0.4 is 10.6 Å². The molecule has 0 saturated carbocycles. The minimum Gasteiger partial charge on any atom is -0.357 e. The largest absolute Gasteiger partial charge is 0.357 e. The molecule has 1 saturated heterocycles. The first-order valence-corrected chi connectivity index (χ1v) is 11.8. The standard InChI is InChI=1S/C25H35N7/c1-3-26-25(27-15-8-12-24-30-29-23-11-6-7-16-32(23)24)28-22-13-17-31(18-14-22)19-21-10-5-4-9-20(21)2/h4-7,9-11,16,22H,3,8,12-15,17-19H2,1-2H3,(H2,26,27,28). The zero-order chi connectivity index (χ0) is 22.2. The minimum absolute atomic E-state index is 0.473. The Labute approximate surface area is 191 Å². The van der Waals surface area contributed by atoms with Crippen molar-refractivity contribution < 1.29 is 0 Å². The number of nitrogens with one attached hydrogen (secondary N) is 2. The van der Waals surface area contributed by atoms with Gasteiger partial charge in [-0.25, -0.2) is 0 Å². The lowest BCUT2D eigenvalue weighted by Gasteiger charge is -2.33. The highest BCUT2D eigenvalue weighted by atomic mass is 15.2. The predicted molar refractivity (Wildman–Crippen MR) is 130 cm³/mol. The second-order valence-electron chi connectivity index (χ2n) is 8.53. The molecule has 1 aliphatic heterocycles. The van der Waals surface area contributed by atoms with Crippen LogP contribution in [-0.2, 0) is 13.0 Å². The lowest BCUT2D eigenvalue weighted by atomic mass is 10.0. The Morgan fingerprint density at radius 1 is 1.09 bits per heavy atom. The third kappa shape index (κ3) is 5.85. The second-order valence-corrected chi connectivity index (χ2v) is 8.53. The number of hydrogen-bond acceptors (Lipinski definition) is 4. The van der Waals surface area contributed by atoms with Crippen molar-refractivity contribution in [3.63, 3.8) is 0 Å². The first-order valence-electron chi connectivity index (χ1n) is 11.8. The van der Waals surface area contributed by atoms with E-state index in [1.165, 1.54) is 11.1 Å². The second kappa shape index (κ2) is 11.1. The van der Waals surface area contributed by atoms with Crippen LogP contribution in [0.25, 0.3) is 5.65 Å². The van der Waals surface area contributed by atoms with Gasteiger partial charge in [-0.1, -0.05) is 30.3 Å². The fourth-order valence-corrected chi connectivity index (χ4v) is 4.27. The van der Waals surface area contributed by atoms with E-state index in [9.17, 15) is 0 Å². The summed E-state index contributed by atoms with van der Waals surface area (Å²) >= 11 is 0. The summed E-state index contributed by atoms with van der Waals surface area (Å²) in [6, 6.07) is 15.2. The highest BCUT2D eigenvalue weighted by Gasteiger charge is 2.20. The molecule has 7 nitrogen and oxygen atoms in total. The molecule has 1 fully saturated rings. The summed E-state index contributed by atoms with van der Waals surface area (Å²) < 4.78 is 2.05. The fourth-order valence-electron chi connectivity index (χ4n) is 4.27. The molecule has 1 aliphatic rings. The van der Waals surface area contributed by atoms with E-state index in [0.29, 0.717) is 6.04 Å². The van der Waals surface area contributed by atoms with Crippen molar-refractivity contribution in [1.82, 2.24) is 30.1 Å². The van der Waals surface area contributed by atoms with Crippen molar-refractivity contribution in [2.75, 3.05) is 26.2 Å². The number of pyridine rings is 1. The minimum atomic E-state index is 0.473. The Morgan fingerprint density at radius 2 is 1.91 bits per heavy atom. The Kier molecular flexibility index (Phi) is 7.72. The number of aryl methyl sites for hydroxylation is 2. The Bertz CT molecular complexity index is 1020. The zero-order valence-electron chi connectivity index (χ0n) is 19.3. The van der Waals surface area contributed by atoms with Crippen molar-refractivity contribution in [3.8, 4) is 0 Å². The average Bonchev–Trinajstić information content (AvgIpc) is 3.23. The van der Waals surface area contributed by atoms with Gasteiger partial charge in [0.2, 0.25) is 0 Å². The van der Waals surface area contributed by atoms with Crippen LogP contribution in [-0.4, -0.2) is 57.7 Å². The number of rotatable bonds is 8. The van der Waals surface area contributed by atoms with Gasteiger partial charge in [-0.05, 0) is 56.4 Å². The van der Waals surface area contributed by atoms with Gasteiger partial charge in [0.05, 0.1) is 0 Å². The molecule has 0 spiro atoms. The molecule has 0 atom stereocenters. The van der Waals surface area contributed by atoms with Crippen LogP contribution in [0.1, 0.15) is 43.1 Å². The van der Waals surface area contributed by atoms with E-state index >= 15 is 0 Å². The normalized spacial score (nSPS) is 15.9. The summed E-state index contributed by atoms with van der Waals surface area (Å²) in [4.78, 5) is 7.37. The Morgan fingerprint density at radius 3 is 2.72 bits per heavy atom. The van der Waals surface area contributed by atoms with Crippen molar-refractivity contribution in [1.29, 1.82) is 0 Å². The molecular formula is C25H35N7. The quantitative estimate of drug-likeness (QED) is 0.324. The monoisotopic (exact) mass is 433 g/mol. The Balaban J connectivity index is 1.23. The van der Waals surface area contributed by atoms with E-state index in [4.69, 9.17) is 4.99 Å². The van der Waals surface area contributed by atoms with Crippen molar-refractivity contribution in [3.05, 3.63) is 65.6 Å². The maximum Gasteiger partial charge on any atom is 0.191 e. The SMILES string of the molecule is CCNC(=NCCCc1nnc2ccccn12)NC1CCN(Cc2ccccc2C)CC1. The summed E-state index contributed by atoms with van der Waals surface area (Å²) in [6.07, 6.45) is 6.11. The first-order chi connectivity index (χ1) is 15.7. The molecule has 0 unspecified atom stereocenters. The van der Waals surface area contributed by atoms with Crippen LogP contribution in [0.3, 0.4) is 0 Å². The third-order valence-corrected chi connectivity index (χ3v) is 6.14. The number of aliphatic imine (C=N–C) groups is 1. The maximum absolute atomic E-state index is 4.81. The van der Waals surface area contributed by atoms with E-state index in [1.807, 2.05) is 24.4 Å². The number of hydrogen-bond donors (Lipinski definition) is 2. The Hall–Kier alpha value is -2.93. The molecule has 0 radical (unpaired) electrons. The van der Waals surface area contributed by atoms with Gasteiger partial charge in [0.15, 0.2) is 11.6 Å². The summed E-state index contributed by atoms with van der Waals surface area (Å²) in [5, 5.41) is 15.6. The van der Waals surface area contributed by atoms with E-state index in [0.717, 1.165) is 75.8 Å². The lowest BCUT2D eigenvalue weighted by Crippen LogP contribution is -2.48. The van der Waals surface area contributed by atoms with Crippen molar-refractivity contribution in [2.24, 2.45) is 4.99 Å². The van der Waals surface area contributed by atoms with Crippen molar-refractivity contribution >= 4 is 11.6 Å². The molecule has 0 bridgehead atoms. The van der Waals surface area contributed by atoms with Gasteiger partial charge in [0.1, 0.15) is 5.82 Å². The molecule has 0 aliphatic carbocycles. The van der Waals surface area contributed by atoms with Crippen LogP contribution in [0.2, 0.25) is 0 Å². The molecule has 1 aromatic carbocycles. The summed E-state index contributed by atoms with van der Waals surface area (Å²) in [7, 11) is 0. The van der Waals surface area contributed by atoms with Gasteiger partial charge in [-0.2, -0.15) is 0 Å². The summed E-state index contributed by atoms with van der Waals surface area (Å²) in [5.41, 5.74) is 3.72. The highest BCUT2D eigenvalue weighted by molar-refractivity contribution is 5.80. The van der Waals surface area contributed by atoms with Gasteiger partial charge in [-0.15, -0.1) is 10.2 Å². The maximum atomic E-state index is 4.81. The van der Waals surface area contributed by atoms with E-state index in [1.54, 1.807) is 0 Å². The molecule has 2 aromatic heterocycles. The number of fused-ring (bicyclic) bond motifs is 1. The van der Waals surface area contributed by atoms with Gasteiger partial charge in [0.25, 0.3) is 0 Å². The molecule has 3 aromatic rings. The van der Waals surface area contributed by atoms with Gasteiger partial charge in [-0.3, -0.25) is 14.3 Å². The molecular weight excluding hydrogens is 398 g/mol. The molecule has 0 amide bonds. The smallest absolute Gasteiger partial charge is 0.191 e. The molecule has 32 heavy (non-hydrogen) atoms. The van der Waals surface area contributed by atoms with E-state index in [2.05, 4.69) is 68.2 Å². The fraction of sp³-hybridized carbons (Fsp3) is 0.480. The number of piperidine rings is 1. The number of benzene rings is 1. The first kappa shape index (κ1) is 22.3. The number of likely N-dealkylation sites (tertiary alicyclic amines) is 1. The molecule has 7 heteroatoms. The average molecular weight is 434 g/mol. The molecule has 3 heterocycles. The molecule has 4 rings (SSSR count). The number of nitrogens with zero attached hydrogens (tertiary/aromatic N) is 5. The highest BCUT2D eigenvalue weighted by Crippen LogP contribution is 2.16. The van der Waals surface area contributed by atoms with E-state index < -0.39 is 0 Å². The van der Waals surface area contributed by atoms with Gasteiger partial charge >= 0.3 is 0 Å². The topological polar surface area (TPSA) is 69.8 Å². The number of guanidine groups is 1. The molecule has 170 valence electrons.